The topological polar surface area (TPSA) is 46.0 Å². The molecule has 1 N–H and O–H groups in total. The van der Waals surface area contributed by atoms with Crippen molar-refractivity contribution in [1.82, 2.24) is 4.98 Å². The van der Waals surface area contributed by atoms with Crippen LogP contribution in [0.5, 0.6) is 0 Å². The zero-order valence-electron chi connectivity index (χ0n) is 14.8. The van der Waals surface area contributed by atoms with Crippen molar-refractivity contribution in [3.63, 3.8) is 0 Å². The molecule has 0 spiro atoms. The van der Waals surface area contributed by atoms with Gasteiger partial charge in [-0.15, -0.1) is 0 Å². The SMILES string of the molecule is O=c1[nH]c2cc(C=C3c4cccc(F)c4CCc4c(F)cccc43)ccc2o1. The molecule has 0 atom stereocenters. The number of rotatable bonds is 1. The van der Waals surface area contributed by atoms with Gasteiger partial charge in [-0.1, -0.05) is 30.3 Å². The lowest BCUT2D eigenvalue weighted by molar-refractivity contribution is 0.555. The molecule has 1 aromatic heterocycles. The molecule has 5 heteroatoms. The smallest absolute Gasteiger partial charge is 0.408 e. The summed E-state index contributed by atoms with van der Waals surface area (Å²) in [5.41, 5.74) is 5.27. The van der Waals surface area contributed by atoms with Crippen LogP contribution in [-0.4, -0.2) is 4.98 Å². The second-order valence-electron chi connectivity index (χ2n) is 6.86. The van der Waals surface area contributed by atoms with E-state index >= 15 is 0 Å². The summed E-state index contributed by atoms with van der Waals surface area (Å²) < 4.78 is 34.1. The van der Waals surface area contributed by atoms with Gasteiger partial charge in [-0.3, -0.25) is 4.98 Å². The molecule has 0 radical (unpaired) electrons. The Morgan fingerprint density at radius 2 is 1.54 bits per heavy atom. The Morgan fingerprint density at radius 3 is 2.18 bits per heavy atom. The third-order valence-corrected chi connectivity index (χ3v) is 5.20. The van der Waals surface area contributed by atoms with E-state index in [1.807, 2.05) is 24.3 Å². The molecule has 1 heterocycles. The second-order valence-corrected chi connectivity index (χ2v) is 6.86. The fourth-order valence-corrected chi connectivity index (χ4v) is 3.91. The van der Waals surface area contributed by atoms with Crippen molar-refractivity contribution in [2.45, 2.75) is 12.8 Å². The van der Waals surface area contributed by atoms with Crippen LogP contribution in [0.3, 0.4) is 0 Å². The van der Waals surface area contributed by atoms with Crippen LogP contribution in [0.2, 0.25) is 0 Å². The second kappa shape index (κ2) is 6.30. The maximum Gasteiger partial charge on any atom is 0.417 e. The zero-order chi connectivity index (χ0) is 19.3. The Balaban J connectivity index is 1.79. The summed E-state index contributed by atoms with van der Waals surface area (Å²) in [6, 6.07) is 15.2. The van der Waals surface area contributed by atoms with Gasteiger partial charge in [0.15, 0.2) is 5.58 Å². The maximum absolute atomic E-state index is 14.5. The first-order chi connectivity index (χ1) is 13.6. The van der Waals surface area contributed by atoms with Gasteiger partial charge in [0.2, 0.25) is 0 Å². The third-order valence-electron chi connectivity index (χ3n) is 5.20. The van der Waals surface area contributed by atoms with Gasteiger partial charge in [-0.25, -0.2) is 13.6 Å². The van der Waals surface area contributed by atoms with Crippen molar-refractivity contribution in [3.8, 4) is 0 Å². The van der Waals surface area contributed by atoms with Crippen molar-refractivity contribution in [3.05, 3.63) is 105 Å². The van der Waals surface area contributed by atoms with Crippen LogP contribution in [0.4, 0.5) is 8.78 Å². The lowest BCUT2D eigenvalue weighted by Gasteiger charge is -2.13. The van der Waals surface area contributed by atoms with E-state index in [4.69, 9.17) is 4.42 Å². The van der Waals surface area contributed by atoms with Crippen LogP contribution in [0.15, 0.2) is 63.8 Å². The highest BCUT2D eigenvalue weighted by molar-refractivity contribution is 5.95. The van der Waals surface area contributed by atoms with Crippen LogP contribution < -0.4 is 5.76 Å². The average Bonchev–Trinajstić information content (AvgIpc) is 2.96. The number of oxazole rings is 1. The molecule has 0 bridgehead atoms. The van der Waals surface area contributed by atoms with Crippen molar-refractivity contribution < 1.29 is 13.2 Å². The molecule has 0 amide bonds. The summed E-state index contributed by atoms with van der Waals surface area (Å²) in [6.45, 7) is 0. The molecule has 3 nitrogen and oxygen atoms in total. The van der Waals surface area contributed by atoms with E-state index in [1.54, 1.807) is 24.3 Å². The minimum Gasteiger partial charge on any atom is -0.408 e. The predicted molar refractivity (Wildman–Crippen MR) is 104 cm³/mol. The largest absolute Gasteiger partial charge is 0.417 e. The van der Waals surface area contributed by atoms with Gasteiger partial charge in [0.1, 0.15) is 11.6 Å². The molecule has 0 saturated heterocycles. The highest BCUT2D eigenvalue weighted by atomic mass is 19.1. The summed E-state index contributed by atoms with van der Waals surface area (Å²) >= 11 is 0. The number of benzene rings is 3. The van der Waals surface area contributed by atoms with Gasteiger partial charge in [0, 0.05) is 0 Å². The standard InChI is InChI=1S/C23H15F2NO2/c24-19-5-1-3-14-16(19)8-9-17-15(4-2-6-20(17)25)18(14)11-13-7-10-22-21(12-13)26-23(27)28-22/h1-7,10-12H,8-9H2,(H,26,27). The van der Waals surface area contributed by atoms with Gasteiger partial charge in [0.25, 0.3) is 0 Å². The minimum absolute atomic E-state index is 0.286. The first-order valence-electron chi connectivity index (χ1n) is 9.00. The Kier molecular flexibility index (Phi) is 3.76. The lowest BCUT2D eigenvalue weighted by atomic mass is 9.92. The van der Waals surface area contributed by atoms with Gasteiger partial charge in [-0.05, 0) is 76.6 Å². The molecular formula is C23H15F2NO2. The van der Waals surface area contributed by atoms with Crippen LogP contribution in [0, 0.1) is 11.6 Å². The van der Waals surface area contributed by atoms with E-state index in [9.17, 15) is 13.6 Å². The highest BCUT2D eigenvalue weighted by Gasteiger charge is 2.22. The van der Waals surface area contributed by atoms with E-state index in [0.29, 0.717) is 35.1 Å². The summed E-state index contributed by atoms with van der Waals surface area (Å²) in [6.07, 6.45) is 2.76. The van der Waals surface area contributed by atoms with E-state index < -0.39 is 5.76 Å². The number of aromatic amines is 1. The fraction of sp³-hybridized carbons (Fsp3) is 0.0870. The third kappa shape index (κ3) is 2.67. The van der Waals surface area contributed by atoms with Gasteiger partial charge in [0.05, 0.1) is 5.52 Å². The zero-order valence-corrected chi connectivity index (χ0v) is 14.8. The monoisotopic (exact) mass is 375 g/mol. The molecule has 3 aromatic carbocycles. The molecule has 1 aliphatic rings. The molecule has 0 unspecified atom stereocenters. The van der Waals surface area contributed by atoms with Crippen molar-refractivity contribution in [2.24, 2.45) is 0 Å². The number of nitrogens with one attached hydrogen (secondary N) is 1. The van der Waals surface area contributed by atoms with Crippen molar-refractivity contribution in [1.29, 1.82) is 0 Å². The van der Waals surface area contributed by atoms with Gasteiger partial charge in [-0.2, -0.15) is 0 Å². The Hall–Kier alpha value is -3.47. The number of H-pyrrole nitrogens is 1. The van der Waals surface area contributed by atoms with Gasteiger partial charge >= 0.3 is 5.76 Å². The number of fused-ring (bicyclic) bond motifs is 3. The van der Waals surface area contributed by atoms with Crippen LogP contribution in [0.25, 0.3) is 22.7 Å². The highest BCUT2D eigenvalue weighted by Crippen LogP contribution is 2.37. The Labute approximate surface area is 158 Å². The quantitative estimate of drug-likeness (QED) is 0.504. The Morgan fingerprint density at radius 1 is 0.893 bits per heavy atom. The van der Waals surface area contributed by atoms with E-state index in [0.717, 1.165) is 22.3 Å². The molecule has 0 fully saturated rings. The number of aromatic nitrogens is 1. The number of hydrogen-bond acceptors (Lipinski definition) is 2. The summed E-state index contributed by atoms with van der Waals surface area (Å²) in [5.74, 6) is -1.09. The van der Waals surface area contributed by atoms with E-state index in [-0.39, 0.29) is 11.6 Å². The Bertz CT molecular complexity index is 1260. The van der Waals surface area contributed by atoms with Crippen LogP contribution in [0.1, 0.15) is 27.8 Å². The predicted octanol–water partition coefficient (Wildman–Crippen LogP) is 5.09. The van der Waals surface area contributed by atoms with Crippen molar-refractivity contribution in [2.75, 3.05) is 0 Å². The maximum atomic E-state index is 14.5. The summed E-state index contributed by atoms with van der Waals surface area (Å²) in [4.78, 5) is 14.1. The molecule has 4 aromatic rings. The average molecular weight is 375 g/mol. The first kappa shape index (κ1) is 16.7. The first-order valence-corrected chi connectivity index (χ1v) is 9.00. The molecular weight excluding hydrogens is 360 g/mol. The lowest BCUT2D eigenvalue weighted by Crippen LogP contribution is -1.96. The molecule has 0 saturated carbocycles. The fourth-order valence-electron chi connectivity index (χ4n) is 3.91. The van der Waals surface area contributed by atoms with Gasteiger partial charge < -0.3 is 4.42 Å². The van der Waals surface area contributed by atoms with E-state index in [1.165, 1.54) is 12.1 Å². The molecule has 138 valence electrons. The number of hydrogen-bond donors (Lipinski definition) is 1. The molecule has 0 aliphatic heterocycles. The molecule has 1 aliphatic carbocycles. The normalized spacial score (nSPS) is 13.1. The molecule has 28 heavy (non-hydrogen) atoms. The summed E-state index contributed by atoms with van der Waals surface area (Å²) in [5, 5.41) is 0. The van der Waals surface area contributed by atoms with Crippen LogP contribution in [-0.2, 0) is 12.8 Å². The molecule has 5 rings (SSSR count). The van der Waals surface area contributed by atoms with Crippen LogP contribution >= 0.6 is 0 Å². The number of halogens is 2. The van der Waals surface area contributed by atoms with Crippen molar-refractivity contribution >= 4 is 22.7 Å². The summed E-state index contributed by atoms with van der Waals surface area (Å²) in [7, 11) is 0. The van der Waals surface area contributed by atoms with E-state index in [2.05, 4.69) is 4.98 Å². The minimum atomic E-state index is -0.519.